The fourth-order valence-electron chi connectivity index (χ4n) is 1.38. The van der Waals surface area contributed by atoms with Gasteiger partial charge in [-0.1, -0.05) is 46.8 Å². The van der Waals surface area contributed by atoms with E-state index in [-0.39, 0.29) is 11.2 Å². The molecule has 0 unspecified atom stereocenters. The maximum Gasteiger partial charge on any atom is 0.330 e. The summed E-state index contributed by atoms with van der Waals surface area (Å²) < 4.78 is 4.48. The Hall–Kier alpha value is -1.77. The van der Waals surface area contributed by atoms with E-state index in [1.807, 2.05) is 19.9 Å². The number of rotatable bonds is 2. The first-order valence-corrected chi connectivity index (χ1v) is 6.44. The highest BCUT2D eigenvalue weighted by Gasteiger charge is 2.14. The molecule has 1 N–H and O–H groups in total. The molecule has 0 saturated heterocycles. The fraction of sp³-hybridized carbons (Fsp3) is 0.438. The molecule has 0 aromatic heterocycles. The second-order valence-electron chi connectivity index (χ2n) is 4.88. The quantitative estimate of drug-likeness (QED) is 0.651. The van der Waals surface area contributed by atoms with Crippen molar-refractivity contribution in [1.29, 1.82) is 0 Å². The first kappa shape index (κ1) is 17.2. The molecule has 0 aliphatic carbocycles. The number of methoxy groups -OCH3 is 1. The summed E-state index contributed by atoms with van der Waals surface area (Å²) in [6, 6.07) is 5.45. The van der Waals surface area contributed by atoms with Crippen molar-refractivity contribution in [3.63, 3.8) is 0 Å². The van der Waals surface area contributed by atoms with Gasteiger partial charge in [-0.15, -0.1) is 0 Å². The van der Waals surface area contributed by atoms with Crippen molar-refractivity contribution >= 4 is 12.0 Å². The van der Waals surface area contributed by atoms with Crippen LogP contribution in [0.1, 0.15) is 45.7 Å². The zero-order valence-electron chi connectivity index (χ0n) is 12.7. The van der Waals surface area contributed by atoms with E-state index in [1.54, 1.807) is 12.1 Å². The lowest BCUT2D eigenvalue weighted by Gasteiger charge is -2.19. The normalized spacial score (nSPS) is 10.8. The van der Waals surface area contributed by atoms with Crippen molar-refractivity contribution in [2.45, 2.75) is 40.0 Å². The van der Waals surface area contributed by atoms with Crippen molar-refractivity contribution in [3.05, 3.63) is 35.4 Å². The van der Waals surface area contributed by atoms with Gasteiger partial charge in [0.25, 0.3) is 0 Å². The van der Waals surface area contributed by atoms with Crippen LogP contribution in [0.25, 0.3) is 6.08 Å². The Labute approximate surface area is 115 Å². The van der Waals surface area contributed by atoms with Gasteiger partial charge in [-0.2, -0.15) is 0 Å². The van der Waals surface area contributed by atoms with Gasteiger partial charge in [-0.05, 0) is 23.1 Å². The predicted octanol–water partition coefficient (Wildman–Crippen LogP) is 3.90. The van der Waals surface area contributed by atoms with E-state index >= 15 is 0 Å². The zero-order valence-corrected chi connectivity index (χ0v) is 12.7. The van der Waals surface area contributed by atoms with Crippen LogP contribution in [-0.4, -0.2) is 18.2 Å². The molecule has 1 aromatic rings. The topological polar surface area (TPSA) is 46.5 Å². The Kier molecular flexibility index (Phi) is 6.91. The smallest absolute Gasteiger partial charge is 0.330 e. The molecule has 3 nitrogen and oxygen atoms in total. The number of aromatic hydroxyl groups is 1. The van der Waals surface area contributed by atoms with E-state index in [4.69, 9.17) is 0 Å². The number of phenolic OH excluding ortho intramolecular Hbond substituents is 1. The number of hydrogen-bond donors (Lipinski definition) is 1. The van der Waals surface area contributed by atoms with Crippen LogP contribution < -0.4 is 0 Å². The van der Waals surface area contributed by atoms with Gasteiger partial charge < -0.3 is 9.84 Å². The summed E-state index contributed by atoms with van der Waals surface area (Å²) in [5, 5.41) is 9.84. The lowest BCUT2D eigenvalue weighted by Crippen LogP contribution is -2.10. The van der Waals surface area contributed by atoms with Crippen LogP contribution in [0, 0.1) is 0 Å². The second-order valence-corrected chi connectivity index (χ2v) is 4.88. The third-order valence-corrected chi connectivity index (χ3v) is 2.50. The molecular weight excluding hydrogens is 240 g/mol. The second kappa shape index (κ2) is 7.62. The average Bonchev–Trinajstić information content (AvgIpc) is 2.38. The molecule has 0 saturated carbocycles. The Morgan fingerprint density at radius 1 is 1.26 bits per heavy atom. The molecule has 0 heterocycles. The van der Waals surface area contributed by atoms with Crippen LogP contribution in [-0.2, 0) is 14.9 Å². The summed E-state index contributed by atoms with van der Waals surface area (Å²) in [5.41, 5.74) is 1.64. The number of phenols is 1. The highest BCUT2D eigenvalue weighted by Crippen LogP contribution is 2.28. The summed E-state index contributed by atoms with van der Waals surface area (Å²) in [6.45, 7) is 10.2. The highest BCUT2D eigenvalue weighted by molar-refractivity contribution is 5.87. The molecular formula is C16H24O3. The third kappa shape index (κ3) is 5.60. The van der Waals surface area contributed by atoms with Crippen molar-refractivity contribution in [1.82, 2.24) is 0 Å². The largest absolute Gasteiger partial charge is 0.507 e. The summed E-state index contributed by atoms with van der Waals surface area (Å²) in [6.07, 6.45) is 2.82. The fourth-order valence-corrected chi connectivity index (χ4v) is 1.38. The van der Waals surface area contributed by atoms with E-state index in [0.29, 0.717) is 5.56 Å². The Balaban J connectivity index is 0.00000154. The van der Waals surface area contributed by atoms with E-state index in [2.05, 4.69) is 25.5 Å². The minimum absolute atomic E-state index is 0.0118. The van der Waals surface area contributed by atoms with Crippen LogP contribution in [0.15, 0.2) is 24.3 Å². The monoisotopic (exact) mass is 264 g/mol. The molecule has 0 bridgehead atoms. The van der Waals surface area contributed by atoms with Gasteiger partial charge >= 0.3 is 5.97 Å². The minimum atomic E-state index is -0.440. The van der Waals surface area contributed by atoms with Gasteiger partial charge in [-0.25, -0.2) is 4.79 Å². The highest BCUT2D eigenvalue weighted by atomic mass is 16.5. The van der Waals surface area contributed by atoms with Crippen LogP contribution in [0.3, 0.4) is 0 Å². The summed E-state index contributed by atoms with van der Waals surface area (Å²) >= 11 is 0. The SMILES string of the molecule is CC.COC(=O)/C=C/c1ccc(C(C)(C)C)cc1O. The number of benzene rings is 1. The van der Waals surface area contributed by atoms with Gasteiger partial charge in [0.15, 0.2) is 0 Å². The van der Waals surface area contributed by atoms with E-state index in [0.717, 1.165) is 5.56 Å². The summed E-state index contributed by atoms with van der Waals surface area (Å²) in [5.74, 6) is -0.276. The molecule has 0 aliphatic rings. The van der Waals surface area contributed by atoms with Crippen molar-refractivity contribution in [2.24, 2.45) is 0 Å². The molecule has 19 heavy (non-hydrogen) atoms. The van der Waals surface area contributed by atoms with Crippen molar-refractivity contribution in [3.8, 4) is 5.75 Å². The lowest BCUT2D eigenvalue weighted by atomic mass is 9.86. The maximum absolute atomic E-state index is 10.9. The van der Waals surface area contributed by atoms with E-state index < -0.39 is 5.97 Å². The van der Waals surface area contributed by atoms with Gasteiger partial charge in [0.1, 0.15) is 5.75 Å². The first-order chi connectivity index (χ1) is 8.84. The Morgan fingerprint density at radius 3 is 2.26 bits per heavy atom. The summed E-state index contributed by atoms with van der Waals surface area (Å²) in [4.78, 5) is 10.9. The molecule has 0 fully saturated rings. The van der Waals surface area contributed by atoms with Gasteiger partial charge in [0.05, 0.1) is 7.11 Å². The number of hydrogen-bond acceptors (Lipinski definition) is 3. The third-order valence-electron chi connectivity index (χ3n) is 2.50. The molecule has 3 heteroatoms. The van der Waals surface area contributed by atoms with Crippen LogP contribution in [0.5, 0.6) is 5.75 Å². The lowest BCUT2D eigenvalue weighted by molar-refractivity contribution is -0.134. The number of carbonyl (C=O) groups excluding carboxylic acids is 1. The van der Waals surface area contributed by atoms with Crippen LogP contribution in [0.4, 0.5) is 0 Å². The molecule has 1 rings (SSSR count). The number of carbonyl (C=O) groups is 1. The standard InChI is InChI=1S/C14H18O3.C2H6/c1-14(2,3)11-7-5-10(12(15)9-11)6-8-13(16)17-4;1-2/h5-9,15H,1-4H3;1-2H3/b8-6+;. The van der Waals surface area contributed by atoms with Gasteiger partial charge in [-0.3, -0.25) is 0 Å². The molecule has 0 radical (unpaired) electrons. The van der Waals surface area contributed by atoms with E-state index in [9.17, 15) is 9.90 Å². The van der Waals surface area contributed by atoms with Crippen molar-refractivity contribution in [2.75, 3.05) is 7.11 Å². The molecule has 1 aromatic carbocycles. The van der Waals surface area contributed by atoms with Crippen LogP contribution in [0.2, 0.25) is 0 Å². The predicted molar refractivity (Wildman–Crippen MR) is 79.2 cm³/mol. The number of esters is 1. The van der Waals surface area contributed by atoms with E-state index in [1.165, 1.54) is 19.3 Å². The molecule has 0 spiro atoms. The molecule has 0 amide bonds. The average molecular weight is 264 g/mol. The summed E-state index contributed by atoms with van der Waals surface area (Å²) in [7, 11) is 1.31. The minimum Gasteiger partial charge on any atom is -0.507 e. The van der Waals surface area contributed by atoms with Crippen LogP contribution >= 0.6 is 0 Å². The molecule has 0 aliphatic heterocycles. The zero-order chi connectivity index (χ0) is 15.1. The molecule has 0 atom stereocenters. The van der Waals surface area contributed by atoms with Crippen molar-refractivity contribution < 1.29 is 14.6 Å². The molecule has 106 valence electrons. The number of ether oxygens (including phenoxy) is 1. The Bertz CT molecular complexity index is 440. The maximum atomic E-state index is 10.9. The first-order valence-electron chi connectivity index (χ1n) is 6.44. The van der Waals surface area contributed by atoms with Gasteiger partial charge in [0.2, 0.25) is 0 Å². The van der Waals surface area contributed by atoms with Gasteiger partial charge in [0, 0.05) is 11.6 Å². The Morgan fingerprint density at radius 2 is 1.84 bits per heavy atom.